The third-order valence-electron chi connectivity index (χ3n) is 4.78. The van der Waals surface area contributed by atoms with Crippen molar-refractivity contribution in [1.82, 2.24) is 15.3 Å². The van der Waals surface area contributed by atoms with Gasteiger partial charge in [-0.05, 0) is 41.5 Å². The zero-order chi connectivity index (χ0) is 22.2. The van der Waals surface area contributed by atoms with Gasteiger partial charge in [-0.3, -0.25) is 15.1 Å². The number of nitrogens with one attached hydrogen (secondary N) is 3. The van der Waals surface area contributed by atoms with E-state index in [1.807, 2.05) is 54.6 Å². The molecular weight excluding hydrogens is 405 g/mol. The number of aromatic amines is 1. The molecule has 0 atom stereocenters. The minimum Gasteiger partial charge on any atom is -0.348 e. The van der Waals surface area contributed by atoms with Crippen LogP contribution in [0.4, 0.5) is 10.1 Å². The first kappa shape index (κ1) is 21.0. The molecule has 0 aliphatic heterocycles. The van der Waals surface area contributed by atoms with Crippen molar-refractivity contribution in [2.45, 2.75) is 6.42 Å². The molecule has 0 spiro atoms. The van der Waals surface area contributed by atoms with Crippen LogP contribution in [-0.2, 0) is 6.42 Å². The maximum Gasteiger partial charge on any atom is 0.258 e. The highest BCUT2D eigenvalue weighted by molar-refractivity contribution is 6.10. The van der Waals surface area contributed by atoms with Crippen LogP contribution in [0.2, 0.25) is 0 Å². The second-order valence-corrected chi connectivity index (χ2v) is 7.09. The van der Waals surface area contributed by atoms with Crippen molar-refractivity contribution >= 4 is 17.6 Å². The second-order valence-electron chi connectivity index (χ2n) is 7.09. The molecule has 0 bridgehead atoms. The van der Waals surface area contributed by atoms with Crippen molar-refractivity contribution < 1.29 is 9.18 Å². The fraction of sp³-hybridized carbons (Fsp3) is 0.0800. The fourth-order valence-electron chi connectivity index (χ4n) is 3.14. The SMILES string of the molecule is O=C(NC(=NCCc1cnc[nH]1)Nc1ccc(-c2ccccc2)cc1)c1cccc(F)c1. The zero-order valence-corrected chi connectivity index (χ0v) is 17.3. The quantitative estimate of drug-likeness (QED) is 0.309. The molecular formula is C25H22FN5O. The number of hydrogen-bond donors (Lipinski definition) is 3. The zero-order valence-electron chi connectivity index (χ0n) is 17.3. The van der Waals surface area contributed by atoms with E-state index in [0.29, 0.717) is 13.0 Å². The molecule has 0 unspecified atom stereocenters. The molecule has 0 radical (unpaired) electrons. The lowest BCUT2D eigenvalue weighted by Crippen LogP contribution is -2.36. The van der Waals surface area contributed by atoms with Gasteiger partial charge in [-0.25, -0.2) is 9.37 Å². The van der Waals surface area contributed by atoms with Crippen molar-refractivity contribution in [3.8, 4) is 11.1 Å². The third-order valence-corrected chi connectivity index (χ3v) is 4.78. The van der Waals surface area contributed by atoms with Gasteiger partial charge in [0.05, 0.1) is 6.33 Å². The van der Waals surface area contributed by atoms with Gasteiger partial charge in [-0.2, -0.15) is 0 Å². The Morgan fingerprint density at radius 1 is 0.969 bits per heavy atom. The van der Waals surface area contributed by atoms with E-state index in [4.69, 9.17) is 0 Å². The Kier molecular flexibility index (Phi) is 6.67. The first-order valence-electron chi connectivity index (χ1n) is 10.2. The minimum absolute atomic E-state index is 0.215. The van der Waals surface area contributed by atoms with Crippen LogP contribution in [0.1, 0.15) is 16.1 Å². The number of aromatic nitrogens is 2. The molecule has 32 heavy (non-hydrogen) atoms. The Hall–Kier alpha value is -4.26. The number of H-pyrrole nitrogens is 1. The maximum absolute atomic E-state index is 13.5. The summed E-state index contributed by atoms with van der Waals surface area (Å²) < 4.78 is 13.5. The first-order valence-corrected chi connectivity index (χ1v) is 10.2. The standard InChI is InChI=1S/C25H22FN5O/c26-21-8-4-7-20(15-21)24(32)31-25(28-14-13-23-16-27-17-29-23)30-22-11-9-19(10-12-22)18-5-2-1-3-6-18/h1-12,15-17H,13-14H2,(H,27,29)(H2,28,30,31,32). The Morgan fingerprint density at radius 3 is 2.47 bits per heavy atom. The number of rotatable bonds is 6. The van der Waals surface area contributed by atoms with Crippen LogP contribution in [0.15, 0.2) is 96.4 Å². The van der Waals surface area contributed by atoms with Gasteiger partial charge < -0.3 is 10.3 Å². The van der Waals surface area contributed by atoms with Gasteiger partial charge in [0.25, 0.3) is 5.91 Å². The van der Waals surface area contributed by atoms with Crippen molar-refractivity contribution in [1.29, 1.82) is 0 Å². The molecule has 7 heteroatoms. The van der Waals surface area contributed by atoms with Gasteiger partial charge in [0, 0.05) is 36.1 Å². The van der Waals surface area contributed by atoms with Crippen LogP contribution in [0.3, 0.4) is 0 Å². The van der Waals surface area contributed by atoms with E-state index in [2.05, 4.69) is 25.6 Å². The Balaban J connectivity index is 1.49. The van der Waals surface area contributed by atoms with Crippen LogP contribution in [0, 0.1) is 5.82 Å². The molecule has 1 heterocycles. The molecule has 0 saturated carbocycles. The molecule has 4 aromatic rings. The maximum atomic E-state index is 13.5. The average molecular weight is 427 g/mol. The Labute approximate surface area is 185 Å². The summed E-state index contributed by atoms with van der Waals surface area (Å²) in [5.74, 6) is -0.635. The van der Waals surface area contributed by atoms with Gasteiger partial charge in [-0.15, -0.1) is 0 Å². The van der Waals surface area contributed by atoms with Crippen molar-refractivity contribution in [2.24, 2.45) is 4.99 Å². The normalized spacial score (nSPS) is 11.2. The van der Waals surface area contributed by atoms with Crippen LogP contribution in [0.5, 0.6) is 0 Å². The number of amides is 1. The van der Waals surface area contributed by atoms with Crippen molar-refractivity contribution in [3.63, 3.8) is 0 Å². The van der Waals surface area contributed by atoms with Crippen LogP contribution < -0.4 is 10.6 Å². The Bertz CT molecular complexity index is 1190. The lowest BCUT2D eigenvalue weighted by Gasteiger charge is -2.12. The molecule has 0 aliphatic rings. The summed E-state index contributed by atoms with van der Waals surface area (Å²) in [5, 5.41) is 5.89. The molecule has 4 rings (SSSR count). The number of hydrogen-bond acceptors (Lipinski definition) is 3. The number of nitrogens with zero attached hydrogens (tertiary/aromatic N) is 2. The smallest absolute Gasteiger partial charge is 0.258 e. The highest BCUT2D eigenvalue weighted by Gasteiger charge is 2.10. The minimum atomic E-state index is -0.472. The summed E-state index contributed by atoms with van der Waals surface area (Å²) in [6, 6.07) is 23.4. The average Bonchev–Trinajstić information content (AvgIpc) is 3.34. The summed E-state index contributed by atoms with van der Waals surface area (Å²) in [5.41, 5.74) is 4.12. The van der Waals surface area contributed by atoms with Gasteiger partial charge in [0.1, 0.15) is 5.82 Å². The number of halogens is 1. The van der Waals surface area contributed by atoms with Crippen LogP contribution >= 0.6 is 0 Å². The third kappa shape index (κ3) is 5.66. The fourth-order valence-corrected chi connectivity index (χ4v) is 3.14. The predicted molar refractivity (Wildman–Crippen MR) is 124 cm³/mol. The van der Waals surface area contributed by atoms with E-state index in [9.17, 15) is 9.18 Å². The topological polar surface area (TPSA) is 82.2 Å². The van der Waals surface area contributed by atoms with E-state index in [1.165, 1.54) is 18.2 Å². The number of carbonyl (C=O) groups excluding carboxylic acids is 1. The second kappa shape index (κ2) is 10.2. The molecule has 3 N–H and O–H groups in total. The van der Waals surface area contributed by atoms with E-state index in [1.54, 1.807) is 18.6 Å². The molecule has 1 aromatic heterocycles. The lowest BCUT2D eigenvalue weighted by molar-refractivity contribution is 0.0976. The number of aliphatic imine (C=N–C) groups is 1. The van der Waals surface area contributed by atoms with E-state index >= 15 is 0 Å². The molecule has 3 aromatic carbocycles. The summed E-state index contributed by atoms with van der Waals surface area (Å²) in [6.07, 6.45) is 3.97. The monoisotopic (exact) mass is 427 g/mol. The molecule has 6 nitrogen and oxygen atoms in total. The predicted octanol–water partition coefficient (Wildman–Crippen LogP) is 4.66. The van der Waals surface area contributed by atoms with Gasteiger partial charge in [0.15, 0.2) is 0 Å². The summed E-state index contributed by atoms with van der Waals surface area (Å²) in [7, 11) is 0. The number of benzene rings is 3. The highest BCUT2D eigenvalue weighted by Crippen LogP contribution is 2.21. The number of anilines is 1. The van der Waals surface area contributed by atoms with Gasteiger partial charge in [0.2, 0.25) is 5.96 Å². The highest BCUT2D eigenvalue weighted by atomic mass is 19.1. The van der Waals surface area contributed by atoms with Crippen LogP contribution in [-0.4, -0.2) is 28.4 Å². The summed E-state index contributed by atoms with van der Waals surface area (Å²) in [4.78, 5) is 24.1. The molecule has 0 fully saturated rings. The van der Waals surface area contributed by atoms with E-state index < -0.39 is 11.7 Å². The van der Waals surface area contributed by atoms with Crippen LogP contribution in [0.25, 0.3) is 11.1 Å². The van der Waals surface area contributed by atoms with Gasteiger partial charge in [-0.1, -0.05) is 48.5 Å². The largest absolute Gasteiger partial charge is 0.348 e. The van der Waals surface area contributed by atoms with Crippen molar-refractivity contribution in [2.75, 3.05) is 11.9 Å². The number of imidazole rings is 1. The molecule has 0 saturated heterocycles. The Morgan fingerprint density at radius 2 is 1.75 bits per heavy atom. The first-order chi connectivity index (χ1) is 15.7. The summed E-state index contributed by atoms with van der Waals surface area (Å²) >= 11 is 0. The summed E-state index contributed by atoms with van der Waals surface area (Å²) in [6.45, 7) is 0.427. The van der Waals surface area contributed by atoms with Gasteiger partial charge >= 0.3 is 0 Å². The number of guanidine groups is 1. The molecule has 160 valence electrons. The lowest BCUT2D eigenvalue weighted by atomic mass is 10.1. The molecule has 1 amide bonds. The number of carbonyl (C=O) groups is 1. The molecule has 0 aliphatic carbocycles. The van der Waals surface area contributed by atoms with Crippen molar-refractivity contribution in [3.05, 3.63) is 108 Å². The van der Waals surface area contributed by atoms with E-state index in [0.717, 1.165) is 22.5 Å². The van der Waals surface area contributed by atoms with E-state index in [-0.39, 0.29) is 11.5 Å².